The molecule has 1 N–H and O–H groups in total. The van der Waals surface area contributed by atoms with Crippen molar-refractivity contribution in [1.82, 2.24) is 9.55 Å². The van der Waals surface area contributed by atoms with Crippen LogP contribution in [0.3, 0.4) is 0 Å². The largest absolute Gasteiger partial charge is 0.462 e. The van der Waals surface area contributed by atoms with Crippen LogP contribution in [0.25, 0.3) is 10.2 Å². The topological polar surface area (TPSA) is 90.3 Å². The van der Waals surface area contributed by atoms with Gasteiger partial charge in [0.15, 0.2) is 0 Å². The highest BCUT2D eigenvalue weighted by Crippen LogP contribution is 2.32. The van der Waals surface area contributed by atoms with E-state index in [0.29, 0.717) is 20.7 Å². The molecular weight excluding hydrogens is 426 g/mol. The van der Waals surface area contributed by atoms with Crippen LogP contribution in [-0.4, -0.2) is 28.0 Å². The number of hydrogen-bond acceptors (Lipinski definition) is 6. The first-order chi connectivity index (χ1) is 15.1. The number of thiophene rings is 1. The maximum absolute atomic E-state index is 13.1. The van der Waals surface area contributed by atoms with Crippen molar-refractivity contribution in [3.8, 4) is 0 Å². The first-order valence-electron chi connectivity index (χ1n) is 10.7. The van der Waals surface area contributed by atoms with E-state index in [1.54, 1.807) is 13.8 Å². The second-order valence-corrected chi connectivity index (χ2v) is 9.30. The summed E-state index contributed by atoms with van der Waals surface area (Å²) in [7, 11) is 0. The minimum absolute atomic E-state index is 0.171. The second-order valence-electron chi connectivity index (χ2n) is 8.30. The lowest BCUT2D eigenvalue weighted by atomic mass is 9.92. The first kappa shape index (κ1) is 23.7. The number of nitrogens with zero attached hydrogens (tertiary/aromatic N) is 2. The number of ether oxygens (including phenoxy) is 1. The van der Waals surface area contributed by atoms with Crippen LogP contribution in [0.5, 0.6) is 0 Å². The van der Waals surface area contributed by atoms with Crippen molar-refractivity contribution in [3.05, 3.63) is 56.4 Å². The molecule has 0 aliphatic carbocycles. The van der Waals surface area contributed by atoms with E-state index in [-0.39, 0.29) is 36.5 Å². The van der Waals surface area contributed by atoms with E-state index in [1.807, 2.05) is 18.2 Å². The normalized spacial score (nSPS) is 11.4. The summed E-state index contributed by atoms with van der Waals surface area (Å²) in [6, 6.07) is 6.03. The summed E-state index contributed by atoms with van der Waals surface area (Å²) in [5.74, 6) is -0.302. The van der Waals surface area contributed by atoms with Crippen molar-refractivity contribution >= 4 is 39.1 Å². The van der Waals surface area contributed by atoms with E-state index in [1.165, 1.54) is 10.9 Å². The Hall–Kier alpha value is -3.00. The Morgan fingerprint density at radius 3 is 2.34 bits per heavy atom. The fourth-order valence-corrected chi connectivity index (χ4v) is 4.73. The van der Waals surface area contributed by atoms with E-state index in [2.05, 4.69) is 38.0 Å². The van der Waals surface area contributed by atoms with Crippen LogP contribution >= 0.6 is 11.3 Å². The Morgan fingerprint density at radius 2 is 1.78 bits per heavy atom. The average Bonchev–Trinajstić information content (AvgIpc) is 3.07. The molecule has 0 radical (unpaired) electrons. The van der Waals surface area contributed by atoms with Gasteiger partial charge in [0, 0.05) is 5.69 Å². The molecule has 32 heavy (non-hydrogen) atoms. The van der Waals surface area contributed by atoms with Gasteiger partial charge in [-0.1, -0.05) is 45.9 Å². The summed E-state index contributed by atoms with van der Waals surface area (Å²) in [6.45, 7) is 11.8. The molecule has 170 valence electrons. The monoisotopic (exact) mass is 455 g/mol. The number of aryl methyl sites for hydroxylation is 1. The van der Waals surface area contributed by atoms with Crippen molar-refractivity contribution in [2.24, 2.45) is 0 Å². The van der Waals surface area contributed by atoms with Crippen molar-refractivity contribution in [3.63, 3.8) is 0 Å². The van der Waals surface area contributed by atoms with Crippen molar-refractivity contribution in [1.29, 1.82) is 0 Å². The van der Waals surface area contributed by atoms with Gasteiger partial charge < -0.3 is 10.1 Å². The third kappa shape index (κ3) is 4.60. The zero-order valence-corrected chi connectivity index (χ0v) is 20.1. The lowest BCUT2D eigenvalue weighted by Gasteiger charge is -2.20. The molecule has 8 heteroatoms. The molecule has 3 rings (SSSR count). The predicted molar refractivity (Wildman–Crippen MR) is 128 cm³/mol. The molecule has 0 aliphatic rings. The number of esters is 1. The summed E-state index contributed by atoms with van der Waals surface area (Å²) in [6.07, 6.45) is 1.35. The number of fused-ring (bicyclic) bond motifs is 1. The average molecular weight is 456 g/mol. The molecule has 0 spiro atoms. The van der Waals surface area contributed by atoms with Gasteiger partial charge in [0.1, 0.15) is 16.3 Å². The fourth-order valence-electron chi connectivity index (χ4n) is 3.69. The SMILES string of the molecule is CCOC(=O)c1sc2ncn(CC(=O)Nc3c(C(C)C)cccc3C(C)C)c(=O)c2c1C. The number of hydrogen-bond donors (Lipinski definition) is 1. The summed E-state index contributed by atoms with van der Waals surface area (Å²) in [5.41, 5.74) is 3.09. The number of rotatable bonds is 7. The summed E-state index contributed by atoms with van der Waals surface area (Å²) >= 11 is 1.13. The lowest BCUT2D eigenvalue weighted by molar-refractivity contribution is -0.116. The minimum Gasteiger partial charge on any atom is -0.462 e. The van der Waals surface area contributed by atoms with Gasteiger partial charge in [-0.05, 0) is 42.4 Å². The molecule has 0 aliphatic heterocycles. The van der Waals surface area contributed by atoms with Crippen molar-refractivity contribution < 1.29 is 14.3 Å². The molecule has 0 saturated carbocycles. The minimum atomic E-state index is -0.469. The maximum Gasteiger partial charge on any atom is 0.348 e. The Bertz CT molecular complexity index is 1200. The Kier molecular flexibility index (Phi) is 7.13. The number of para-hydroxylation sites is 1. The number of nitrogens with one attached hydrogen (secondary N) is 1. The van der Waals surface area contributed by atoms with E-state index < -0.39 is 5.97 Å². The van der Waals surface area contributed by atoms with Crippen LogP contribution in [-0.2, 0) is 16.1 Å². The van der Waals surface area contributed by atoms with E-state index >= 15 is 0 Å². The van der Waals surface area contributed by atoms with Gasteiger partial charge in [-0.15, -0.1) is 11.3 Å². The standard InChI is InChI=1S/C24H29N3O4S/c1-7-31-24(30)21-15(6)19-22(32-21)25-12-27(23(19)29)11-18(28)26-20-16(13(2)3)9-8-10-17(20)14(4)5/h8-10,12-14H,7,11H2,1-6H3,(H,26,28). The van der Waals surface area contributed by atoms with Gasteiger partial charge in [-0.25, -0.2) is 9.78 Å². The summed E-state index contributed by atoms with van der Waals surface area (Å²) < 4.78 is 6.35. The number of carbonyl (C=O) groups excluding carboxylic acids is 2. The van der Waals surface area contributed by atoms with Gasteiger partial charge in [-0.2, -0.15) is 0 Å². The highest BCUT2D eigenvalue weighted by molar-refractivity contribution is 7.20. The molecule has 0 unspecified atom stereocenters. The maximum atomic E-state index is 13.1. The summed E-state index contributed by atoms with van der Waals surface area (Å²) in [4.78, 5) is 43.3. The second kappa shape index (κ2) is 9.65. The van der Waals surface area contributed by atoms with E-state index in [0.717, 1.165) is 28.2 Å². The van der Waals surface area contributed by atoms with Crippen LogP contribution in [0.1, 0.15) is 72.8 Å². The number of anilines is 1. The molecular formula is C24H29N3O4S. The molecule has 1 aromatic carbocycles. The van der Waals surface area contributed by atoms with Crippen LogP contribution in [0, 0.1) is 6.92 Å². The Labute approximate surface area is 191 Å². The van der Waals surface area contributed by atoms with Crippen molar-refractivity contribution in [2.75, 3.05) is 11.9 Å². The third-order valence-electron chi connectivity index (χ3n) is 5.33. The molecule has 1 amide bonds. The zero-order valence-electron chi connectivity index (χ0n) is 19.3. The van der Waals surface area contributed by atoms with E-state index in [4.69, 9.17) is 4.74 Å². The molecule has 0 atom stereocenters. The van der Waals surface area contributed by atoms with Crippen LogP contribution in [0.2, 0.25) is 0 Å². The molecule has 7 nitrogen and oxygen atoms in total. The Morgan fingerprint density at radius 1 is 1.16 bits per heavy atom. The van der Waals surface area contributed by atoms with Gasteiger partial charge >= 0.3 is 5.97 Å². The number of amides is 1. The van der Waals surface area contributed by atoms with Gasteiger partial charge in [0.25, 0.3) is 5.56 Å². The zero-order chi connectivity index (χ0) is 23.6. The number of benzene rings is 1. The highest BCUT2D eigenvalue weighted by atomic mass is 32.1. The third-order valence-corrected chi connectivity index (χ3v) is 6.51. The fraction of sp³-hybridized carbons (Fsp3) is 0.417. The van der Waals surface area contributed by atoms with Gasteiger partial charge in [0.2, 0.25) is 5.91 Å². The van der Waals surface area contributed by atoms with Crippen LogP contribution < -0.4 is 10.9 Å². The summed E-state index contributed by atoms with van der Waals surface area (Å²) in [5, 5.41) is 3.37. The molecule has 2 heterocycles. The quantitative estimate of drug-likeness (QED) is 0.516. The smallest absolute Gasteiger partial charge is 0.348 e. The van der Waals surface area contributed by atoms with E-state index in [9.17, 15) is 14.4 Å². The van der Waals surface area contributed by atoms with Crippen molar-refractivity contribution in [2.45, 2.75) is 59.9 Å². The predicted octanol–water partition coefficient (Wildman–Crippen LogP) is 4.83. The lowest BCUT2D eigenvalue weighted by Crippen LogP contribution is -2.28. The number of aromatic nitrogens is 2. The number of carbonyl (C=O) groups is 2. The molecule has 2 aromatic heterocycles. The molecule has 0 saturated heterocycles. The molecule has 3 aromatic rings. The highest BCUT2D eigenvalue weighted by Gasteiger charge is 2.21. The van der Waals surface area contributed by atoms with Crippen LogP contribution in [0.4, 0.5) is 5.69 Å². The van der Waals surface area contributed by atoms with Crippen LogP contribution in [0.15, 0.2) is 29.3 Å². The molecule has 0 fully saturated rings. The first-order valence-corrected chi connectivity index (χ1v) is 11.6. The van der Waals surface area contributed by atoms with Gasteiger partial charge in [0.05, 0.1) is 18.3 Å². The Balaban J connectivity index is 1.93. The molecule has 0 bridgehead atoms. The van der Waals surface area contributed by atoms with Gasteiger partial charge in [-0.3, -0.25) is 14.2 Å².